The van der Waals surface area contributed by atoms with Crippen LogP contribution in [0.2, 0.25) is 0 Å². The molecule has 6 heteroatoms. The first-order valence-electron chi connectivity index (χ1n) is 8.19. The molecule has 1 amide bonds. The van der Waals surface area contributed by atoms with Gasteiger partial charge in [-0.2, -0.15) is 0 Å². The minimum absolute atomic E-state index is 0. The van der Waals surface area contributed by atoms with Gasteiger partial charge in [0.2, 0.25) is 5.91 Å². The molecule has 0 aromatic heterocycles. The van der Waals surface area contributed by atoms with Crippen molar-refractivity contribution in [3.8, 4) is 5.75 Å². The van der Waals surface area contributed by atoms with E-state index in [0.717, 1.165) is 11.3 Å². The summed E-state index contributed by atoms with van der Waals surface area (Å²) in [4.78, 5) is 12.4. The van der Waals surface area contributed by atoms with Crippen LogP contribution in [0, 0.1) is 12.3 Å². The Labute approximate surface area is 150 Å². The molecule has 1 aromatic carbocycles. The molecule has 1 aliphatic carbocycles. The summed E-state index contributed by atoms with van der Waals surface area (Å²) in [6.45, 7) is 9.42. The molecule has 0 radical (unpaired) electrons. The van der Waals surface area contributed by atoms with Crippen molar-refractivity contribution in [2.45, 2.75) is 45.8 Å². The van der Waals surface area contributed by atoms with Gasteiger partial charge in [-0.1, -0.05) is 26.0 Å². The Morgan fingerprint density at radius 3 is 2.71 bits per heavy atom. The molecule has 3 N–H and O–H groups in total. The van der Waals surface area contributed by atoms with Crippen LogP contribution in [0.1, 0.15) is 32.8 Å². The summed E-state index contributed by atoms with van der Waals surface area (Å²) in [5.74, 6) is 0.674. The van der Waals surface area contributed by atoms with Crippen molar-refractivity contribution in [3.05, 3.63) is 29.8 Å². The van der Waals surface area contributed by atoms with Gasteiger partial charge in [0.15, 0.2) is 0 Å². The van der Waals surface area contributed by atoms with Crippen LogP contribution in [0.25, 0.3) is 0 Å². The van der Waals surface area contributed by atoms with Crippen molar-refractivity contribution in [3.63, 3.8) is 0 Å². The van der Waals surface area contributed by atoms with Crippen molar-refractivity contribution < 1.29 is 14.3 Å². The van der Waals surface area contributed by atoms with Crippen molar-refractivity contribution in [2.75, 3.05) is 19.8 Å². The molecule has 1 fully saturated rings. The number of halogens is 1. The zero-order valence-corrected chi connectivity index (χ0v) is 15.7. The summed E-state index contributed by atoms with van der Waals surface area (Å²) in [6, 6.07) is 7.83. The highest BCUT2D eigenvalue weighted by Gasteiger charge is 2.62. The zero-order valence-electron chi connectivity index (χ0n) is 14.9. The lowest BCUT2D eigenvalue weighted by molar-refractivity contribution is -0.170. The number of hydrogen-bond donors (Lipinski definition) is 2. The summed E-state index contributed by atoms with van der Waals surface area (Å²) < 4.78 is 11.3. The second-order valence-corrected chi connectivity index (χ2v) is 6.76. The largest absolute Gasteiger partial charge is 0.492 e. The molecule has 0 saturated heterocycles. The normalized spacial score (nSPS) is 24.5. The number of aryl methyl sites for hydroxylation is 1. The summed E-state index contributed by atoms with van der Waals surface area (Å²) in [5, 5.41) is 2.88. The Balaban J connectivity index is 0.00000288. The van der Waals surface area contributed by atoms with Gasteiger partial charge >= 0.3 is 0 Å². The number of amides is 1. The van der Waals surface area contributed by atoms with Crippen LogP contribution in [-0.4, -0.2) is 37.3 Å². The number of nitrogens with one attached hydrogen (secondary N) is 1. The number of hydrogen-bond acceptors (Lipinski definition) is 4. The Bertz CT molecular complexity index is 565. The standard InChI is InChI=1S/C18H28N2O3.ClH/c1-5-22-15-12-18(19,17(15,3)4)16(21)20-9-10-23-14-8-6-7-13(2)11-14;/h6-8,11,15H,5,9-10,12,19H2,1-4H3,(H,20,21);1H. The van der Waals surface area contributed by atoms with Crippen molar-refractivity contribution >= 4 is 18.3 Å². The van der Waals surface area contributed by atoms with E-state index in [1.165, 1.54) is 0 Å². The molecular weight excluding hydrogens is 328 g/mol. The summed E-state index contributed by atoms with van der Waals surface area (Å²) >= 11 is 0. The minimum atomic E-state index is -0.879. The lowest BCUT2D eigenvalue weighted by atomic mass is 9.54. The number of carbonyl (C=O) groups excluding carboxylic acids is 1. The van der Waals surface area contributed by atoms with E-state index in [9.17, 15) is 4.79 Å². The Morgan fingerprint density at radius 2 is 2.12 bits per heavy atom. The van der Waals surface area contributed by atoms with E-state index in [0.29, 0.717) is 26.2 Å². The van der Waals surface area contributed by atoms with Gasteiger partial charge in [-0.05, 0) is 31.5 Å². The first-order valence-corrected chi connectivity index (χ1v) is 8.19. The van der Waals surface area contributed by atoms with Gasteiger partial charge in [-0.15, -0.1) is 12.4 Å². The van der Waals surface area contributed by atoms with Crippen molar-refractivity contribution in [1.29, 1.82) is 0 Å². The molecule has 1 aromatic rings. The smallest absolute Gasteiger partial charge is 0.240 e. The minimum Gasteiger partial charge on any atom is -0.492 e. The second-order valence-electron chi connectivity index (χ2n) is 6.76. The molecule has 1 saturated carbocycles. The molecule has 2 rings (SSSR count). The highest BCUT2D eigenvalue weighted by atomic mass is 35.5. The number of nitrogens with two attached hydrogens (primary N) is 1. The Hall–Kier alpha value is -1.30. The molecule has 24 heavy (non-hydrogen) atoms. The molecule has 0 aliphatic heterocycles. The fraction of sp³-hybridized carbons (Fsp3) is 0.611. The highest BCUT2D eigenvalue weighted by molar-refractivity contribution is 5.88. The van der Waals surface area contributed by atoms with E-state index < -0.39 is 5.54 Å². The van der Waals surface area contributed by atoms with Crippen LogP contribution in [0.5, 0.6) is 5.75 Å². The first-order chi connectivity index (χ1) is 10.8. The Kier molecular flexibility index (Phi) is 7.08. The van der Waals surface area contributed by atoms with Gasteiger partial charge in [-0.25, -0.2) is 0 Å². The van der Waals surface area contributed by atoms with Gasteiger partial charge in [0.05, 0.1) is 12.6 Å². The van der Waals surface area contributed by atoms with Crippen LogP contribution < -0.4 is 15.8 Å². The maximum Gasteiger partial charge on any atom is 0.240 e. The fourth-order valence-corrected chi connectivity index (χ4v) is 3.02. The van der Waals surface area contributed by atoms with E-state index in [-0.39, 0.29) is 29.8 Å². The van der Waals surface area contributed by atoms with Gasteiger partial charge in [0, 0.05) is 18.4 Å². The molecule has 0 heterocycles. The van der Waals surface area contributed by atoms with Crippen LogP contribution in [-0.2, 0) is 9.53 Å². The predicted octanol–water partition coefficient (Wildman–Crippen LogP) is 2.44. The van der Waals surface area contributed by atoms with Crippen LogP contribution in [0.3, 0.4) is 0 Å². The number of ether oxygens (including phenoxy) is 2. The van der Waals surface area contributed by atoms with Crippen LogP contribution in [0.4, 0.5) is 0 Å². The third kappa shape index (κ3) is 4.02. The third-order valence-corrected chi connectivity index (χ3v) is 4.88. The first kappa shape index (κ1) is 20.7. The molecule has 136 valence electrons. The summed E-state index contributed by atoms with van der Waals surface area (Å²) in [6.07, 6.45) is 0.588. The zero-order chi connectivity index (χ0) is 17.1. The summed E-state index contributed by atoms with van der Waals surface area (Å²) in [7, 11) is 0. The van der Waals surface area contributed by atoms with Crippen molar-refractivity contribution in [2.24, 2.45) is 11.1 Å². The number of benzene rings is 1. The Morgan fingerprint density at radius 1 is 1.42 bits per heavy atom. The van der Waals surface area contributed by atoms with Gasteiger partial charge in [-0.3, -0.25) is 4.79 Å². The highest BCUT2D eigenvalue weighted by Crippen LogP contribution is 2.49. The maximum atomic E-state index is 12.4. The molecule has 1 aliphatic rings. The average Bonchev–Trinajstić information content (AvgIpc) is 2.51. The monoisotopic (exact) mass is 356 g/mol. The quantitative estimate of drug-likeness (QED) is 0.736. The third-order valence-electron chi connectivity index (χ3n) is 4.88. The molecule has 5 nitrogen and oxygen atoms in total. The fourth-order valence-electron chi connectivity index (χ4n) is 3.02. The SMILES string of the molecule is CCOC1CC(N)(C(=O)NCCOc2cccc(C)c2)C1(C)C.Cl. The molecule has 2 unspecified atom stereocenters. The molecule has 2 atom stereocenters. The van der Waals surface area contributed by atoms with Crippen molar-refractivity contribution in [1.82, 2.24) is 5.32 Å². The predicted molar refractivity (Wildman–Crippen MR) is 97.7 cm³/mol. The summed E-state index contributed by atoms with van der Waals surface area (Å²) in [5.41, 5.74) is 6.22. The van der Waals surface area contributed by atoms with Crippen LogP contribution >= 0.6 is 12.4 Å². The van der Waals surface area contributed by atoms with E-state index in [2.05, 4.69) is 5.32 Å². The number of rotatable bonds is 7. The van der Waals surface area contributed by atoms with E-state index >= 15 is 0 Å². The molecule has 0 bridgehead atoms. The maximum absolute atomic E-state index is 12.4. The second kappa shape index (κ2) is 8.19. The van der Waals surface area contributed by atoms with Gasteiger partial charge in [0.25, 0.3) is 0 Å². The van der Waals surface area contributed by atoms with Gasteiger partial charge in [0.1, 0.15) is 17.9 Å². The van der Waals surface area contributed by atoms with E-state index in [4.69, 9.17) is 15.2 Å². The van der Waals surface area contributed by atoms with Gasteiger partial charge < -0.3 is 20.5 Å². The lowest BCUT2D eigenvalue weighted by Crippen LogP contribution is -2.75. The average molecular weight is 357 g/mol. The number of carbonyl (C=O) groups is 1. The lowest BCUT2D eigenvalue weighted by Gasteiger charge is -2.57. The topological polar surface area (TPSA) is 73.6 Å². The van der Waals surface area contributed by atoms with E-state index in [1.54, 1.807) is 0 Å². The van der Waals surface area contributed by atoms with E-state index in [1.807, 2.05) is 52.0 Å². The molecular formula is C18H29ClN2O3. The molecule has 0 spiro atoms. The van der Waals surface area contributed by atoms with Crippen LogP contribution in [0.15, 0.2) is 24.3 Å².